The molecule has 0 N–H and O–H groups in total. The molecule has 0 aliphatic rings. The maximum absolute atomic E-state index is 10.5. The quantitative estimate of drug-likeness (QED) is 0.165. The minimum atomic E-state index is -1.21. The van der Waals surface area contributed by atoms with Gasteiger partial charge in [-0.15, -0.1) is 0 Å². The molecule has 0 bridgehead atoms. The van der Waals surface area contributed by atoms with Crippen molar-refractivity contribution in [2.24, 2.45) is 0 Å². The predicted molar refractivity (Wildman–Crippen MR) is 245 cm³/mol. The molecule has 0 atom stereocenters. The summed E-state index contributed by atoms with van der Waals surface area (Å²) in [6.45, 7) is 1.23. The molecule has 272 valence electrons. The van der Waals surface area contributed by atoms with Crippen LogP contribution in [0.25, 0.3) is 105 Å². The van der Waals surface area contributed by atoms with E-state index in [0.717, 1.165) is 9.13 Å². The Morgan fingerprint density at radius 1 is 0.310 bits per heavy atom. The number of hydrogen-bond donors (Lipinski definition) is 0. The predicted octanol–water partition coefficient (Wildman–Crippen LogP) is 14.6. The maximum Gasteiger partial charge on any atom is 0.0782 e. The molecule has 3 nitrogen and oxygen atoms in total. The van der Waals surface area contributed by atoms with Crippen LogP contribution in [0.2, 0.25) is 0 Å². The van der Waals surface area contributed by atoms with Gasteiger partial charge in [0, 0.05) is 38.0 Å². The van der Waals surface area contributed by atoms with Crippen LogP contribution in [0, 0.1) is 6.92 Å². The van der Waals surface area contributed by atoms with Crippen molar-refractivity contribution in [3.8, 4) is 39.3 Å². The van der Waals surface area contributed by atoms with Gasteiger partial charge in [-0.2, -0.15) is 0 Å². The number of rotatable bonds is 5. The lowest BCUT2D eigenvalue weighted by atomic mass is 10.00. The van der Waals surface area contributed by atoms with Crippen LogP contribution in [-0.2, 0) is 0 Å². The highest BCUT2D eigenvalue weighted by molar-refractivity contribution is 6.16. The van der Waals surface area contributed by atoms with Crippen LogP contribution in [0.5, 0.6) is 0 Å². The standard InChI is InChI=1S/C55H37N3/c1-36-33-47-45-22-8-12-27-51(45)58(54(47)35-53(36)57-49-25-10-5-19-42(49)43-20-6-11-26-50(43)57)52-28-14-23-46-44-21-7-9-24-48(44)56(55(46)52)41-18-13-17-40(34-41)39-31-29-38(30-32-39)37-15-3-2-4-16-37/h2-35H,1H3/i2D,3D,4D,5D,6D,7D,8D,9D,10D,11D,12D,13D,14D,15D,16D,17D,18D,19D,20D,21D,22D,23D,24D,25D,26D,27D,28D,29D,30D,31D,32D,33D,34D,35D. The number of fused-ring (bicyclic) bond motifs is 9. The molecule has 0 saturated heterocycles. The molecule has 0 spiro atoms. The first-order chi connectivity index (χ1) is 42.9. The summed E-state index contributed by atoms with van der Waals surface area (Å²) in [6, 6.07) is -33.4. The summed E-state index contributed by atoms with van der Waals surface area (Å²) >= 11 is 0. The van der Waals surface area contributed by atoms with Crippen LogP contribution in [0.1, 0.15) is 52.2 Å². The second kappa shape index (κ2) is 12.7. The van der Waals surface area contributed by atoms with Crippen molar-refractivity contribution in [3.05, 3.63) is 211 Å². The minimum Gasteiger partial charge on any atom is -0.309 e. The summed E-state index contributed by atoms with van der Waals surface area (Å²) in [5, 5.41) is -3.54. The monoisotopic (exact) mass is 774 g/mol. The van der Waals surface area contributed by atoms with E-state index < -0.39 is 310 Å². The fourth-order valence-electron chi connectivity index (χ4n) is 7.23. The largest absolute Gasteiger partial charge is 0.309 e. The molecular formula is C55H37N3. The zero-order valence-electron chi connectivity index (χ0n) is 63.3. The Balaban J connectivity index is 1.35. The molecule has 3 heterocycles. The van der Waals surface area contributed by atoms with Gasteiger partial charge in [-0.1, -0.05) is 151 Å². The Morgan fingerprint density at radius 2 is 0.759 bits per heavy atom. The van der Waals surface area contributed by atoms with Gasteiger partial charge in [-0.3, -0.25) is 0 Å². The molecule has 3 heteroatoms. The van der Waals surface area contributed by atoms with Crippen LogP contribution in [0.4, 0.5) is 0 Å². The molecule has 12 aromatic rings. The highest BCUT2D eigenvalue weighted by Gasteiger charge is 2.22. The van der Waals surface area contributed by atoms with E-state index >= 15 is 0 Å². The van der Waals surface area contributed by atoms with Crippen molar-refractivity contribution in [2.75, 3.05) is 0 Å². The van der Waals surface area contributed by atoms with E-state index in [1.165, 1.54) is 6.92 Å². The van der Waals surface area contributed by atoms with E-state index in [2.05, 4.69) is 0 Å². The number of aromatic nitrogens is 3. The van der Waals surface area contributed by atoms with Crippen molar-refractivity contribution >= 4 is 65.4 Å². The van der Waals surface area contributed by atoms with Crippen LogP contribution < -0.4 is 0 Å². The lowest BCUT2D eigenvalue weighted by Gasteiger charge is -2.16. The smallest absolute Gasteiger partial charge is 0.0782 e. The topological polar surface area (TPSA) is 14.8 Å². The zero-order chi connectivity index (χ0) is 67.9. The van der Waals surface area contributed by atoms with Gasteiger partial charge in [0.25, 0.3) is 0 Å². The van der Waals surface area contributed by atoms with E-state index in [1.807, 2.05) is 0 Å². The molecule has 12 rings (SSSR count). The van der Waals surface area contributed by atoms with Crippen LogP contribution in [0.3, 0.4) is 0 Å². The fourth-order valence-corrected chi connectivity index (χ4v) is 7.23. The van der Waals surface area contributed by atoms with E-state index in [9.17, 15) is 26.0 Å². The fraction of sp³-hybridized carbons (Fsp3) is 0.0182. The van der Waals surface area contributed by atoms with E-state index in [-0.39, 0.29) is 5.56 Å². The summed E-state index contributed by atoms with van der Waals surface area (Å²) in [7, 11) is 0. The molecule has 0 saturated carbocycles. The molecule has 0 fully saturated rings. The number of para-hydroxylation sites is 5. The molecule has 0 aliphatic carbocycles. The van der Waals surface area contributed by atoms with E-state index in [0.29, 0.717) is 4.57 Å². The van der Waals surface area contributed by atoms with Gasteiger partial charge in [0.2, 0.25) is 0 Å². The second-order valence-electron chi connectivity index (χ2n) is 12.8. The Morgan fingerprint density at radius 3 is 1.40 bits per heavy atom. The molecule has 0 radical (unpaired) electrons. The summed E-state index contributed by atoms with van der Waals surface area (Å²) < 4.78 is 314. The van der Waals surface area contributed by atoms with Gasteiger partial charge in [-0.05, 0) is 89.1 Å². The normalized spacial score (nSPS) is 20.1. The molecule has 58 heavy (non-hydrogen) atoms. The molecule has 0 amide bonds. The van der Waals surface area contributed by atoms with E-state index in [4.69, 9.17) is 20.6 Å². The van der Waals surface area contributed by atoms with Gasteiger partial charge in [0.1, 0.15) is 0 Å². The number of benzene rings is 9. The van der Waals surface area contributed by atoms with Crippen LogP contribution in [0.15, 0.2) is 205 Å². The van der Waals surface area contributed by atoms with Crippen LogP contribution in [-0.4, -0.2) is 13.7 Å². The average molecular weight is 774 g/mol. The minimum absolute atomic E-state index is 0.330. The van der Waals surface area contributed by atoms with Crippen molar-refractivity contribution in [3.63, 3.8) is 0 Å². The highest BCUT2D eigenvalue weighted by Crippen LogP contribution is 2.42. The first kappa shape index (κ1) is 13.5. The molecular weight excluding hydrogens is 703 g/mol. The third-order valence-corrected chi connectivity index (χ3v) is 9.64. The summed E-state index contributed by atoms with van der Waals surface area (Å²) in [4.78, 5) is 0. The number of hydrogen-bond acceptors (Lipinski definition) is 0. The summed E-state index contributed by atoms with van der Waals surface area (Å²) in [5.74, 6) is 0. The van der Waals surface area contributed by atoms with Gasteiger partial charge in [-0.25, -0.2) is 0 Å². The maximum atomic E-state index is 10.5. The van der Waals surface area contributed by atoms with Crippen molar-refractivity contribution in [1.29, 1.82) is 0 Å². The van der Waals surface area contributed by atoms with E-state index in [1.54, 1.807) is 0 Å². The zero-order valence-corrected chi connectivity index (χ0v) is 29.3. The molecule has 9 aromatic carbocycles. The van der Waals surface area contributed by atoms with Crippen molar-refractivity contribution in [2.45, 2.75) is 6.92 Å². The van der Waals surface area contributed by atoms with Gasteiger partial charge in [0.05, 0.1) is 91.1 Å². The third kappa shape index (κ3) is 4.80. The first-order valence-electron chi connectivity index (χ1n) is 34.3. The Bertz CT molecular complexity index is 5450. The second-order valence-corrected chi connectivity index (χ2v) is 12.8. The SMILES string of the molecule is [2H]c1c([2H])c([2H])c(-c2c([2H])c([2H])c(-c3c([2H])c([2H])c([2H])c(-n4c5c([2H])c([2H])c([2H])c([2H])c5c5c([2H])c([2H])c([2H])c(-n6c7c([2H])c([2H])c([2H])c([2H])c7c7c([2H])c(C)c(-n8c9c([2H])c([2H])c([2H])c([2H])c9c9c([2H])c([2H])c([2H])c([2H])c98)c([2H])c76)c54)c3[2H])c([2H])c2[2H])c([2H])c1[2H]. The summed E-state index contributed by atoms with van der Waals surface area (Å²) in [6.07, 6.45) is 0. The Kier molecular flexibility index (Phi) is 2.96. The lowest BCUT2D eigenvalue weighted by molar-refractivity contribution is 1.12. The average Bonchev–Trinajstić information content (AvgIpc) is 1.51. The van der Waals surface area contributed by atoms with Gasteiger partial charge < -0.3 is 13.7 Å². The molecule has 0 aliphatic heterocycles. The first-order valence-corrected chi connectivity index (χ1v) is 17.3. The van der Waals surface area contributed by atoms with Gasteiger partial charge >= 0.3 is 0 Å². The van der Waals surface area contributed by atoms with Crippen molar-refractivity contribution in [1.82, 2.24) is 13.7 Å². The highest BCUT2D eigenvalue weighted by atomic mass is 15.1. The third-order valence-electron chi connectivity index (χ3n) is 9.64. The van der Waals surface area contributed by atoms with Crippen LogP contribution >= 0.6 is 0 Å². The Hall–Kier alpha value is -7.62. The number of nitrogens with zero attached hydrogens (tertiary/aromatic N) is 3. The summed E-state index contributed by atoms with van der Waals surface area (Å²) in [5.41, 5.74) is -10.8. The lowest BCUT2D eigenvalue weighted by Crippen LogP contribution is -2.02. The Labute approximate surface area is 383 Å². The van der Waals surface area contributed by atoms with Crippen molar-refractivity contribution < 1.29 is 46.6 Å². The molecule has 0 unspecified atom stereocenters. The molecule has 3 aromatic heterocycles. The van der Waals surface area contributed by atoms with Gasteiger partial charge in [0.15, 0.2) is 0 Å².